The third-order valence-electron chi connectivity index (χ3n) is 5.69. The van der Waals surface area contributed by atoms with Crippen molar-refractivity contribution >= 4 is 0 Å². The molecule has 2 aromatic rings. The summed E-state index contributed by atoms with van der Waals surface area (Å²) in [7, 11) is 0. The van der Waals surface area contributed by atoms with E-state index in [9.17, 15) is 13.2 Å². The molecule has 3 heteroatoms. The number of unbranched alkanes of at least 4 members (excludes halogenated alkanes) is 1. The Labute approximate surface area is 154 Å². The molecule has 0 spiro atoms. The molecule has 0 nitrogen and oxygen atoms in total. The summed E-state index contributed by atoms with van der Waals surface area (Å²) in [4.78, 5) is 0. The van der Waals surface area contributed by atoms with E-state index in [0.29, 0.717) is 11.5 Å². The highest BCUT2D eigenvalue weighted by atomic mass is 19.1. The molecule has 1 aliphatic rings. The van der Waals surface area contributed by atoms with E-state index in [0.717, 1.165) is 30.7 Å². The molecule has 0 saturated heterocycles. The van der Waals surface area contributed by atoms with Crippen LogP contribution in [0.4, 0.5) is 13.2 Å². The van der Waals surface area contributed by atoms with Crippen LogP contribution in [-0.4, -0.2) is 0 Å². The molecule has 2 aromatic carbocycles. The summed E-state index contributed by atoms with van der Waals surface area (Å²) < 4.78 is 42.1. The van der Waals surface area contributed by atoms with Gasteiger partial charge in [-0.1, -0.05) is 51.2 Å². The number of halogens is 3. The van der Waals surface area contributed by atoms with Crippen LogP contribution in [0.25, 0.3) is 11.1 Å². The topological polar surface area (TPSA) is 0 Å². The molecule has 0 unspecified atom stereocenters. The Bertz CT molecular complexity index is 690. The lowest BCUT2D eigenvalue weighted by molar-refractivity contribution is 0.258. The average molecular weight is 360 g/mol. The smallest absolute Gasteiger partial charge is 0.134 e. The first-order chi connectivity index (χ1) is 12.6. The van der Waals surface area contributed by atoms with Gasteiger partial charge in [0, 0.05) is 0 Å². The predicted octanol–water partition coefficient (Wildman–Crippen LogP) is 7.31. The molecule has 1 saturated carbocycles. The molecular formula is C23H27F3. The summed E-state index contributed by atoms with van der Waals surface area (Å²) in [5.41, 5.74) is 1.02. The first-order valence-corrected chi connectivity index (χ1v) is 9.80. The number of rotatable bonds is 6. The van der Waals surface area contributed by atoms with E-state index >= 15 is 0 Å². The molecule has 0 aliphatic heterocycles. The standard InChI is InChI=1S/C23H27F3/c1-2-3-4-16-5-7-17(8-6-16)13-18-14-21(25)23(22(26)15-18)19-9-11-20(24)12-10-19/h9-12,14-17H,2-8,13H2,1H3. The van der Waals surface area contributed by atoms with E-state index in [2.05, 4.69) is 6.92 Å². The summed E-state index contributed by atoms with van der Waals surface area (Å²) in [6, 6.07) is 8.16. The van der Waals surface area contributed by atoms with Gasteiger partial charge >= 0.3 is 0 Å². The highest BCUT2D eigenvalue weighted by Crippen LogP contribution is 2.35. The molecule has 0 atom stereocenters. The van der Waals surface area contributed by atoms with Crippen molar-refractivity contribution in [3.05, 3.63) is 59.4 Å². The highest BCUT2D eigenvalue weighted by Gasteiger charge is 2.22. The van der Waals surface area contributed by atoms with Gasteiger partial charge in [0.15, 0.2) is 0 Å². The van der Waals surface area contributed by atoms with Crippen LogP contribution in [0.5, 0.6) is 0 Å². The summed E-state index contributed by atoms with van der Waals surface area (Å²) >= 11 is 0. The minimum Gasteiger partial charge on any atom is -0.207 e. The predicted molar refractivity (Wildman–Crippen MR) is 100 cm³/mol. The van der Waals surface area contributed by atoms with Crippen LogP contribution >= 0.6 is 0 Å². The van der Waals surface area contributed by atoms with Gasteiger partial charge in [0.25, 0.3) is 0 Å². The second-order valence-corrected chi connectivity index (χ2v) is 7.67. The Morgan fingerprint density at radius 2 is 1.42 bits per heavy atom. The van der Waals surface area contributed by atoms with Crippen LogP contribution in [0.15, 0.2) is 36.4 Å². The maximum absolute atomic E-state index is 14.5. The lowest BCUT2D eigenvalue weighted by Gasteiger charge is -2.28. The monoisotopic (exact) mass is 360 g/mol. The van der Waals surface area contributed by atoms with Crippen LogP contribution in [0.3, 0.4) is 0 Å². The van der Waals surface area contributed by atoms with Crippen LogP contribution in [0.1, 0.15) is 57.4 Å². The van der Waals surface area contributed by atoms with Crippen molar-refractivity contribution in [2.24, 2.45) is 11.8 Å². The van der Waals surface area contributed by atoms with E-state index in [4.69, 9.17) is 0 Å². The van der Waals surface area contributed by atoms with Crippen molar-refractivity contribution < 1.29 is 13.2 Å². The van der Waals surface area contributed by atoms with Gasteiger partial charge in [-0.2, -0.15) is 0 Å². The van der Waals surface area contributed by atoms with Gasteiger partial charge < -0.3 is 0 Å². The normalized spacial score (nSPS) is 20.3. The fourth-order valence-corrected chi connectivity index (χ4v) is 4.19. The Hall–Kier alpha value is -1.77. The molecule has 0 amide bonds. The van der Waals surface area contributed by atoms with Crippen molar-refractivity contribution in [3.8, 4) is 11.1 Å². The Balaban J connectivity index is 1.66. The van der Waals surface area contributed by atoms with Gasteiger partial charge in [0.2, 0.25) is 0 Å². The van der Waals surface area contributed by atoms with Crippen LogP contribution < -0.4 is 0 Å². The summed E-state index contributed by atoms with van der Waals surface area (Å²) in [6.07, 6.45) is 9.38. The first-order valence-electron chi connectivity index (χ1n) is 9.80. The van der Waals surface area contributed by atoms with Gasteiger partial charge in [0.05, 0.1) is 5.56 Å². The van der Waals surface area contributed by atoms with Crippen molar-refractivity contribution in [1.82, 2.24) is 0 Å². The van der Waals surface area contributed by atoms with Gasteiger partial charge in [-0.25, -0.2) is 13.2 Å². The number of hydrogen-bond acceptors (Lipinski definition) is 0. The maximum atomic E-state index is 14.5. The zero-order valence-corrected chi connectivity index (χ0v) is 15.4. The lowest BCUT2D eigenvalue weighted by atomic mass is 9.77. The van der Waals surface area contributed by atoms with Gasteiger partial charge in [-0.15, -0.1) is 0 Å². The Morgan fingerprint density at radius 3 is 2.00 bits per heavy atom. The molecule has 1 fully saturated rings. The second-order valence-electron chi connectivity index (χ2n) is 7.67. The zero-order valence-electron chi connectivity index (χ0n) is 15.4. The van der Waals surface area contributed by atoms with Crippen molar-refractivity contribution in [1.29, 1.82) is 0 Å². The number of hydrogen-bond donors (Lipinski definition) is 0. The van der Waals surface area contributed by atoms with Crippen molar-refractivity contribution in [3.63, 3.8) is 0 Å². The quantitative estimate of drug-likeness (QED) is 0.506. The van der Waals surface area contributed by atoms with Crippen molar-refractivity contribution in [2.45, 2.75) is 58.3 Å². The molecule has 0 radical (unpaired) electrons. The molecule has 0 bridgehead atoms. The molecule has 140 valence electrons. The second kappa shape index (κ2) is 8.75. The first kappa shape index (κ1) is 19.0. The van der Waals surface area contributed by atoms with E-state index in [1.54, 1.807) is 0 Å². The van der Waals surface area contributed by atoms with Gasteiger partial charge in [-0.05, 0) is 66.5 Å². The molecule has 3 rings (SSSR count). The number of benzene rings is 2. The van der Waals surface area contributed by atoms with Crippen molar-refractivity contribution in [2.75, 3.05) is 0 Å². The average Bonchev–Trinajstić information content (AvgIpc) is 2.62. The lowest BCUT2D eigenvalue weighted by Crippen LogP contribution is -2.16. The Kier molecular flexibility index (Phi) is 6.39. The Morgan fingerprint density at radius 1 is 0.846 bits per heavy atom. The summed E-state index contributed by atoms with van der Waals surface area (Å²) in [5.74, 6) is -0.198. The van der Waals surface area contributed by atoms with E-state index in [1.807, 2.05) is 0 Å². The fraction of sp³-hybridized carbons (Fsp3) is 0.478. The third kappa shape index (κ3) is 4.69. The van der Waals surface area contributed by atoms with Gasteiger partial charge in [0.1, 0.15) is 17.5 Å². The summed E-state index contributed by atoms with van der Waals surface area (Å²) in [5, 5.41) is 0. The van der Waals surface area contributed by atoms with Crippen LogP contribution in [-0.2, 0) is 6.42 Å². The molecule has 0 aromatic heterocycles. The minimum absolute atomic E-state index is 0.0722. The molecule has 0 heterocycles. The minimum atomic E-state index is -0.566. The highest BCUT2D eigenvalue weighted by molar-refractivity contribution is 5.65. The van der Waals surface area contributed by atoms with E-state index < -0.39 is 17.5 Å². The van der Waals surface area contributed by atoms with E-state index in [1.165, 1.54) is 68.5 Å². The summed E-state index contributed by atoms with van der Waals surface area (Å²) in [6.45, 7) is 2.23. The van der Waals surface area contributed by atoms with Crippen LogP contribution in [0.2, 0.25) is 0 Å². The molecular weight excluding hydrogens is 333 g/mol. The van der Waals surface area contributed by atoms with Gasteiger partial charge in [-0.3, -0.25) is 0 Å². The largest absolute Gasteiger partial charge is 0.207 e. The molecule has 1 aliphatic carbocycles. The SMILES string of the molecule is CCCCC1CCC(Cc2cc(F)c(-c3ccc(F)cc3)c(F)c2)CC1. The van der Waals surface area contributed by atoms with Crippen LogP contribution in [0, 0.1) is 29.3 Å². The maximum Gasteiger partial charge on any atom is 0.134 e. The molecule has 26 heavy (non-hydrogen) atoms. The third-order valence-corrected chi connectivity index (χ3v) is 5.69. The van der Waals surface area contributed by atoms with E-state index in [-0.39, 0.29) is 5.56 Å². The molecule has 0 N–H and O–H groups in total. The zero-order chi connectivity index (χ0) is 18.5. The fourth-order valence-electron chi connectivity index (χ4n) is 4.19.